The van der Waals surface area contributed by atoms with Gasteiger partial charge in [-0.05, 0) is 42.5 Å². The first kappa shape index (κ1) is 23.9. The summed E-state index contributed by atoms with van der Waals surface area (Å²) in [5, 5.41) is 5.22. The number of benzene rings is 3. The number of carbonyl (C=O) groups excluding carboxylic acids is 1. The van der Waals surface area contributed by atoms with Crippen molar-refractivity contribution >= 4 is 23.2 Å². The van der Waals surface area contributed by atoms with Gasteiger partial charge in [0.05, 0.1) is 22.0 Å². The Hall–Kier alpha value is -3.78. The quantitative estimate of drug-likeness (QED) is 0.329. The van der Waals surface area contributed by atoms with Crippen molar-refractivity contribution in [3.05, 3.63) is 101 Å². The van der Waals surface area contributed by atoms with Crippen LogP contribution in [0.3, 0.4) is 0 Å². The van der Waals surface area contributed by atoms with Crippen molar-refractivity contribution in [2.24, 2.45) is 0 Å². The van der Waals surface area contributed by atoms with E-state index in [1.807, 2.05) is 53.4 Å². The van der Waals surface area contributed by atoms with E-state index in [9.17, 15) is 18.0 Å². The van der Waals surface area contributed by atoms with Gasteiger partial charge in [0.25, 0.3) is 5.91 Å². The molecule has 5 rings (SSSR count). The molecular formula is C27H22ClF3N4O. The molecule has 0 N–H and O–H groups in total. The van der Waals surface area contributed by atoms with E-state index in [1.165, 1.54) is 6.07 Å². The van der Waals surface area contributed by atoms with Gasteiger partial charge in [0.1, 0.15) is 5.69 Å². The molecular weight excluding hydrogens is 489 g/mol. The monoisotopic (exact) mass is 510 g/mol. The molecule has 1 amide bonds. The van der Waals surface area contributed by atoms with Crippen molar-refractivity contribution in [1.29, 1.82) is 0 Å². The average Bonchev–Trinajstić information content (AvgIpc) is 3.34. The van der Waals surface area contributed by atoms with Gasteiger partial charge >= 0.3 is 6.18 Å². The molecule has 0 spiro atoms. The summed E-state index contributed by atoms with van der Waals surface area (Å²) in [5.41, 5.74) is 2.24. The molecule has 9 heteroatoms. The number of amides is 1. The fourth-order valence-electron chi connectivity index (χ4n) is 4.31. The third-order valence-corrected chi connectivity index (χ3v) is 6.51. The van der Waals surface area contributed by atoms with E-state index in [-0.39, 0.29) is 5.91 Å². The number of aromatic nitrogens is 2. The van der Waals surface area contributed by atoms with E-state index >= 15 is 0 Å². The lowest BCUT2D eigenvalue weighted by molar-refractivity contribution is -0.137. The molecule has 3 aromatic carbocycles. The number of piperazine rings is 1. The largest absolute Gasteiger partial charge is 0.416 e. The van der Waals surface area contributed by atoms with Crippen LogP contribution in [0.5, 0.6) is 0 Å². The van der Waals surface area contributed by atoms with Crippen molar-refractivity contribution in [3.63, 3.8) is 0 Å². The van der Waals surface area contributed by atoms with Gasteiger partial charge in [0.2, 0.25) is 0 Å². The van der Waals surface area contributed by atoms with Gasteiger partial charge in [-0.2, -0.15) is 18.3 Å². The van der Waals surface area contributed by atoms with Gasteiger partial charge in [0.15, 0.2) is 0 Å². The topological polar surface area (TPSA) is 41.4 Å². The Labute approximate surface area is 211 Å². The predicted octanol–water partition coefficient (Wildman–Crippen LogP) is 6.17. The molecule has 0 bridgehead atoms. The lowest BCUT2D eigenvalue weighted by Gasteiger charge is -2.36. The summed E-state index contributed by atoms with van der Waals surface area (Å²) in [4.78, 5) is 17.2. The van der Waals surface area contributed by atoms with Crippen molar-refractivity contribution in [2.75, 3.05) is 31.1 Å². The summed E-state index contributed by atoms with van der Waals surface area (Å²) >= 11 is 6.39. The number of hydrogen-bond acceptors (Lipinski definition) is 3. The Morgan fingerprint density at radius 3 is 2.17 bits per heavy atom. The molecule has 1 fully saturated rings. The maximum atomic E-state index is 13.6. The van der Waals surface area contributed by atoms with Crippen LogP contribution >= 0.6 is 11.6 Å². The maximum absolute atomic E-state index is 13.6. The molecule has 1 saturated heterocycles. The van der Waals surface area contributed by atoms with E-state index in [2.05, 4.69) is 0 Å². The number of anilines is 1. The van der Waals surface area contributed by atoms with Crippen LogP contribution in [0.25, 0.3) is 16.9 Å². The van der Waals surface area contributed by atoms with Gasteiger partial charge in [-0.15, -0.1) is 0 Å². The Kier molecular flexibility index (Phi) is 6.45. The Morgan fingerprint density at radius 1 is 0.806 bits per heavy atom. The van der Waals surface area contributed by atoms with Crippen LogP contribution in [-0.2, 0) is 6.18 Å². The average molecular weight is 511 g/mol. The van der Waals surface area contributed by atoms with Crippen molar-refractivity contribution in [2.45, 2.75) is 6.18 Å². The summed E-state index contributed by atoms with van der Waals surface area (Å²) in [6, 6.07) is 23.7. The van der Waals surface area contributed by atoms with Crippen LogP contribution in [0.2, 0.25) is 5.02 Å². The van der Waals surface area contributed by atoms with Crippen LogP contribution in [0, 0.1) is 0 Å². The zero-order chi connectivity index (χ0) is 25.3. The SMILES string of the molecule is O=C(c1cc(-c2ccccc2Cl)nn1-c1ccccc1)N1CCN(c2cccc(C(F)(F)F)c2)CC1. The van der Waals surface area contributed by atoms with Crippen LogP contribution in [0.1, 0.15) is 16.1 Å². The Bertz CT molecular complexity index is 1380. The minimum atomic E-state index is -4.40. The Balaban J connectivity index is 1.40. The van der Waals surface area contributed by atoms with E-state index < -0.39 is 11.7 Å². The molecule has 0 aliphatic carbocycles. The third kappa shape index (κ3) is 4.81. The lowest BCUT2D eigenvalue weighted by atomic mass is 10.1. The van der Waals surface area contributed by atoms with Crippen LogP contribution in [0.15, 0.2) is 84.9 Å². The molecule has 36 heavy (non-hydrogen) atoms. The van der Waals surface area contributed by atoms with Crippen LogP contribution in [-0.4, -0.2) is 46.8 Å². The maximum Gasteiger partial charge on any atom is 0.416 e. The molecule has 0 unspecified atom stereocenters. The Morgan fingerprint density at radius 2 is 1.47 bits per heavy atom. The van der Waals surface area contributed by atoms with Crippen molar-refractivity contribution in [1.82, 2.24) is 14.7 Å². The van der Waals surface area contributed by atoms with Crippen molar-refractivity contribution < 1.29 is 18.0 Å². The third-order valence-electron chi connectivity index (χ3n) is 6.18. The number of halogens is 4. The summed E-state index contributed by atoms with van der Waals surface area (Å²) in [5.74, 6) is -0.201. The highest BCUT2D eigenvalue weighted by Crippen LogP contribution is 2.32. The standard InChI is InChI=1S/C27H22ClF3N4O/c28-23-12-5-4-11-22(23)24-18-25(35(32-24)20-8-2-1-3-9-20)26(36)34-15-13-33(14-16-34)21-10-6-7-19(17-21)27(29,30)31/h1-12,17-18H,13-16H2. The van der Waals surface area contributed by atoms with E-state index in [4.69, 9.17) is 16.7 Å². The summed E-state index contributed by atoms with van der Waals surface area (Å²) in [7, 11) is 0. The number of nitrogens with zero attached hydrogens (tertiary/aromatic N) is 4. The molecule has 1 aromatic heterocycles. The summed E-state index contributed by atoms with van der Waals surface area (Å²) in [6.45, 7) is 1.58. The predicted molar refractivity (Wildman–Crippen MR) is 134 cm³/mol. The minimum Gasteiger partial charge on any atom is -0.368 e. The molecule has 1 aliphatic heterocycles. The van der Waals surface area contributed by atoms with Crippen LogP contribution < -0.4 is 4.90 Å². The first-order valence-electron chi connectivity index (χ1n) is 11.4. The van der Waals surface area contributed by atoms with Gasteiger partial charge in [-0.1, -0.05) is 54.1 Å². The van der Waals surface area contributed by atoms with Gasteiger partial charge in [-0.3, -0.25) is 4.79 Å². The van der Waals surface area contributed by atoms with Gasteiger partial charge < -0.3 is 9.80 Å². The lowest BCUT2D eigenvalue weighted by Crippen LogP contribution is -2.49. The van der Waals surface area contributed by atoms with Crippen molar-refractivity contribution in [3.8, 4) is 16.9 Å². The molecule has 4 aromatic rings. The number of para-hydroxylation sites is 1. The first-order valence-corrected chi connectivity index (χ1v) is 11.8. The number of carbonyl (C=O) groups is 1. The molecule has 2 heterocycles. The highest BCUT2D eigenvalue weighted by Gasteiger charge is 2.32. The smallest absolute Gasteiger partial charge is 0.368 e. The number of rotatable bonds is 4. The molecule has 0 radical (unpaired) electrons. The molecule has 0 saturated carbocycles. The fourth-order valence-corrected chi connectivity index (χ4v) is 4.54. The minimum absolute atomic E-state index is 0.201. The number of alkyl halides is 3. The fraction of sp³-hybridized carbons (Fsp3) is 0.185. The van der Waals surface area contributed by atoms with Gasteiger partial charge in [-0.25, -0.2) is 4.68 Å². The zero-order valence-corrected chi connectivity index (χ0v) is 19.9. The molecule has 5 nitrogen and oxygen atoms in total. The summed E-state index contributed by atoms with van der Waals surface area (Å²) in [6.07, 6.45) is -4.40. The summed E-state index contributed by atoms with van der Waals surface area (Å²) < 4.78 is 41.0. The molecule has 0 atom stereocenters. The van der Waals surface area contributed by atoms with Crippen LogP contribution in [0.4, 0.5) is 18.9 Å². The van der Waals surface area contributed by atoms with Gasteiger partial charge in [0, 0.05) is 37.4 Å². The second-order valence-electron chi connectivity index (χ2n) is 8.47. The molecule has 184 valence electrons. The highest BCUT2D eigenvalue weighted by molar-refractivity contribution is 6.33. The van der Waals surface area contributed by atoms with E-state index in [0.29, 0.717) is 48.3 Å². The highest BCUT2D eigenvalue weighted by atomic mass is 35.5. The van der Waals surface area contributed by atoms with E-state index in [1.54, 1.807) is 27.8 Å². The second-order valence-corrected chi connectivity index (χ2v) is 8.88. The second kappa shape index (κ2) is 9.70. The number of hydrogen-bond donors (Lipinski definition) is 0. The first-order chi connectivity index (χ1) is 17.3. The molecule has 1 aliphatic rings. The normalized spacial score (nSPS) is 14.2. The zero-order valence-electron chi connectivity index (χ0n) is 19.1. The van der Waals surface area contributed by atoms with E-state index in [0.717, 1.165) is 23.4 Å².